The third-order valence-electron chi connectivity index (χ3n) is 7.13. The highest BCUT2D eigenvalue weighted by Crippen LogP contribution is 2.33. The van der Waals surface area contributed by atoms with E-state index in [1.165, 1.54) is 37.8 Å². The smallest absolute Gasteiger partial charge is 0.333 e. The van der Waals surface area contributed by atoms with E-state index in [2.05, 4.69) is 41.8 Å². The second kappa shape index (κ2) is 13.3. The molecule has 0 bridgehead atoms. The molecule has 1 N–H and O–H groups in total. The number of nitrogens with zero attached hydrogens (tertiary/aromatic N) is 1. The molecule has 6 heteroatoms. The number of benzene rings is 2. The first-order valence-corrected chi connectivity index (χ1v) is 13.5. The molecule has 1 aliphatic carbocycles. The normalized spacial score (nSPS) is 14.9. The fraction of sp³-hybridized carbons (Fsp3) is 0.452. The lowest BCUT2D eigenvalue weighted by molar-refractivity contribution is -0.149. The molecule has 0 radical (unpaired) electrons. The van der Waals surface area contributed by atoms with E-state index >= 15 is 0 Å². The Hall–Kier alpha value is -3.25. The van der Waals surface area contributed by atoms with Crippen LogP contribution in [0.2, 0.25) is 0 Å². The van der Waals surface area contributed by atoms with E-state index in [0.717, 1.165) is 34.9 Å². The second-order valence-electron chi connectivity index (χ2n) is 9.80. The Morgan fingerprint density at radius 1 is 1.00 bits per heavy atom. The molecule has 1 aliphatic rings. The van der Waals surface area contributed by atoms with Crippen LogP contribution in [0.4, 0.5) is 0 Å². The Labute approximate surface area is 220 Å². The number of aryl methyl sites for hydroxylation is 1. The number of aliphatic carboxylic acids is 1. The van der Waals surface area contributed by atoms with Crippen LogP contribution in [0.25, 0.3) is 11.3 Å². The van der Waals surface area contributed by atoms with Gasteiger partial charge in [0.1, 0.15) is 18.1 Å². The number of para-hydroxylation sites is 1. The molecule has 0 amide bonds. The molecule has 0 spiro atoms. The van der Waals surface area contributed by atoms with Crippen molar-refractivity contribution in [3.63, 3.8) is 0 Å². The summed E-state index contributed by atoms with van der Waals surface area (Å²) in [6.07, 6.45) is 6.02. The van der Waals surface area contributed by atoms with Gasteiger partial charge in [-0.05, 0) is 74.6 Å². The molecule has 6 nitrogen and oxygen atoms in total. The van der Waals surface area contributed by atoms with E-state index in [-0.39, 0.29) is 0 Å². The van der Waals surface area contributed by atoms with Crippen LogP contribution < -0.4 is 9.47 Å². The van der Waals surface area contributed by atoms with Crippen molar-refractivity contribution in [2.75, 3.05) is 19.8 Å². The first-order chi connectivity index (χ1) is 18.0. The minimum Gasteiger partial charge on any atom is -0.493 e. The number of ether oxygens (including phenoxy) is 3. The molecule has 0 saturated heterocycles. The molecular formula is C31H39NO5. The van der Waals surface area contributed by atoms with Crippen LogP contribution in [0.5, 0.6) is 11.5 Å². The summed E-state index contributed by atoms with van der Waals surface area (Å²) in [5.74, 6) is 1.41. The largest absolute Gasteiger partial charge is 0.493 e. The maximum Gasteiger partial charge on any atom is 0.333 e. The van der Waals surface area contributed by atoms with Crippen LogP contribution in [0.3, 0.4) is 0 Å². The fourth-order valence-electron chi connectivity index (χ4n) is 5.08. The van der Waals surface area contributed by atoms with Crippen molar-refractivity contribution in [3.8, 4) is 22.8 Å². The summed E-state index contributed by atoms with van der Waals surface area (Å²) in [5, 5.41) is 9.30. The number of aromatic nitrogens is 1. The standard InChI is InChI=1S/C31H39NO5/c1-3-35-30(31(33)34)21-24-14-16-26(17-15-24)36-20-19-32-23(2)13-18-28(32)27-11-7-8-12-29(27)37-22-25-9-5-4-6-10-25/h7-8,11-18,25,30H,3-6,9-10,19-22H2,1-2H3,(H,33,34). The summed E-state index contributed by atoms with van der Waals surface area (Å²) in [6.45, 7) is 6.29. The highest BCUT2D eigenvalue weighted by Gasteiger charge is 2.18. The average Bonchev–Trinajstić information content (AvgIpc) is 3.28. The van der Waals surface area contributed by atoms with E-state index in [0.29, 0.717) is 32.1 Å². The lowest BCUT2D eigenvalue weighted by atomic mass is 9.90. The number of carboxylic acid groups (broad SMARTS) is 1. The minimum atomic E-state index is -0.943. The SMILES string of the molecule is CCOC(Cc1ccc(OCCn2c(C)ccc2-c2ccccc2OCC2CCCCC2)cc1)C(=O)O. The van der Waals surface area contributed by atoms with E-state index in [1.807, 2.05) is 30.3 Å². The van der Waals surface area contributed by atoms with Gasteiger partial charge < -0.3 is 23.9 Å². The van der Waals surface area contributed by atoms with Gasteiger partial charge in [0, 0.05) is 24.3 Å². The molecule has 198 valence electrons. The van der Waals surface area contributed by atoms with Gasteiger partial charge in [-0.2, -0.15) is 0 Å². The zero-order valence-corrected chi connectivity index (χ0v) is 22.0. The molecule has 0 aliphatic heterocycles. The monoisotopic (exact) mass is 505 g/mol. The third kappa shape index (κ3) is 7.39. The molecule has 1 aromatic heterocycles. The van der Waals surface area contributed by atoms with Crippen LogP contribution in [0, 0.1) is 12.8 Å². The second-order valence-corrected chi connectivity index (χ2v) is 9.80. The van der Waals surface area contributed by atoms with Crippen LogP contribution >= 0.6 is 0 Å². The van der Waals surface area contributed by atoms with Crippen molar-refractivity contribution in [2.24, 2.45) is 5.92 Å². The van der Waals surface area contributed by atoms with Gasteiger partial charge >= 0.3 is 5.97 Å². The van der Waals surface area contributed by atoms with Gasteiger partial charge in [0.15, 0.2) is 6.10 Å². The summed E-state index contributed by atoms with van der Waals surface area (Å²) in [4.78, 5) is 11.3. The Kier molecular flexibility index (Phi) is 9.66. The molecule has 1 heterocycles. The van der Waals surface area contributed by atoms with Crippen molar-refractivity contribution in [1.82, 2.24) is 4.57 Å². The predicted octanol–water partition coefficient (Wildman–Crippen LogP) is 6.53. The molecule has 3 aromatic rings. The van der Waals surface area contributed by atoms with Crippen LogP contribution in [-0.2, 0) is 22.5 Å². The molecule has 2 aromatic carbocycles. The van der Waals surface area contributed by atoms with Crippen molar-refractivity contribution >= 4 is 5.97 Å². The van der Waals surface area contributed by atoms with E-state index in [1.54, 1.807) is 6.92 Å². The number of carbonyl (C=O) groups is 1. The number of rotatable bonds is 13. The Morgan fingerprint density at radius 3 is 2.49 bits per heavy atom. The van der Waals surface area contributed by atoms with Crippen LogP contribution in [0.1, 0.15) is 50.3 Å². The summed E-state index contributed by atoms with van der Waals surface area (Å²) in [7, 11) is 0. The van der Waals surface area contributed by atoms with Crippen molar-refractivity contribution < 1.29 is 24.1 Å². The first kappa shape index (κ1) is 26.8. The quantitative estimate of drug-likeness (QED) is 0.286. The molecule has 1 atom stereocenters. The molecule has 1 saturated carbocycles. The number of carboxylic acids is 1. The Balaban J connectivity index is 1.37. The van der Waals surface area contributed by atoms with Crippen molar-refractivity contribution in [3.05, 3.63) is 71.9 Å². The highest BCUT2D eigenvalue weighted by atomic mass is 16.5. The van der Waals surface area contributed by atoms with E-state index in [4.69, 9.17) is 14.2 Å². The highest BCUT2D eigenvalue weighted by molar-refractivity contribution is 5.72. The van der Waals surface area contributed by atoms with Crippen LogP contribution in [0.15, 0.2) is 60.7 Å². The summed E-state index contributed by atoms with van der Waals surface area (Å²) < 4.78 is 20.0. The number of hydrogen-bond acceptors (Lipinski definition) is 4. The lowest BCUT2D eigenvalue weighted by Gasteiger charge is -2.22. The van der Waals surface area contributed by atoms with Crippen molar-refractivity contribution in [2.45, 2.75) is 65.0 Å². The third-order valence-corrected chi connectivity index (χ3v) is 7.13. The molecule has 1 unspecified atom stereocenters. The van der Waals surface area contributed by atoms with E-state index in [9.17, 15) is 9.90 Å². The molecule has 37 heavy (non-hydrogen) atoms. The van der Waals surface area contributed by atoms with Gasteiger partial charge in [-0.25, -0.2) is 4.79 Å². The molecule has 1 fully saturated rings. The zero-order chi connectivity index (χ0) is 26.0. The summed E-state index contributed by atoms with van der Waals surface area (Å²) >= 11 is 0. The topological polar surface area (TPSA) is 69.9 Å². The number of hydrogen-bond donors (Lipinski definition) is 1. The van der Waals surface area contributed by atoms with Gasteiger partial charge in [-0.15, -0.1) is 0 Å². The van der Waals surface area contributed by atoms with Crippen molar-refractivity contribution in [1.29, 1.82) is 0 Å². The lowest BCUT2D eigenvalue weighted by Crippen LogP contribution is -2.26. The Bertz CT molecular complexity index is 1130. The maximum absolute atomic E-state index is 11.3. The summed E-state index contributed by atoms with van der Waals surface area (Å²) in [5.41, 5.74) is 4.32. The summed E-state index contributed by atoms with van der Waals surface area (Å²) in [6, 6.07) is 20.2. The van der Waals surface area contributed by atoms with E-state index < -0.39 is 12.1 Å². The maximum atomic E-state index is 11.3. The Morgan fingerprint density at radius 2 is 1.76 bits per heavy atom. The van der Waals surface area contributed by atoms with Gasteiger partial charge in [0.05, 0.1) is 18.8 Å². The minimum absolute atomic E-state index is 0.331. The first-order valence-electron chi connectivity index (χ1n) is 13.5. The zero-order valence-electron chi connectivity index (χ0n) is 22.0. The molecular weight excluding hydrogens is 466 g/mol. The van der Waals surface area contributed by atoms with Gasteiger partial charge in [0.25, 0.3) is 0 Å². The van der Waals surface area contributed by atoms with Gasteiger partial charge in [-0.3, -0.25) is 0 Å². The van der Waals surface area contributed by atoms with Gasteiger partial charge in [0.2, 0.25) is 0 Å². The average molecular weight is 506 g/mol. The fourth-order valence-corrected chi connectivity index (χ4v) is 5.08. The van der Waals surface area contributed by atoms with Crippen LogP contribution in [-0.4, -0.2) is 41.6 Å². The predicted molar refractivity (Wildman–Crippen MR) is 145 cm³/mol. The molecule has 4 rings (SSSR count). The van der Waals surface area contributed by atoms with Gasteiger partial charge in [-0.1, -0.05) is 43.5 Å².